The molecular weight excluding hydrogens is 497 g/mol. The number of rotatable bonds is 6. The van der Waals surface area contributed by atoms with Gasteiger partial charge in [0.1, 0.15) is 6.54 Å². The molecule has 4 atom stereocenters. The molecule has 0 aromatic heterocycles. The molecule has 3 fully saturated rings. The van der Waals surface area contributed by atoms with Gasteiger partial charge in [0.15, 0.2) is 5.78 Å². The Morgan fingerprint density at radius 2 is 1.69 bits per heavy atom. The Labute approximate surface area is 209 Å². The molecular formula is C24H19Cl2N3O6. The monoisotopic (exact) mass is 515 g/mol. The van der Waals surface area contributed by atoms with Gasteiger partial charge in [-0.25, -0.2) is 5.01 Å². The van der Waals surface area contributed by atoms with Crippen molar-refractivity contribution in [3.05, 3.63) is 73.8 Å². The van der Waals surface area contributed by atoms with Gasteiger partial charge in [-0.15, -0.1) is 0 Å². The number of Topliss-reactive ketones (excluding diaryl/α,β-unsaturated/α-hetero) is 1. The van der Waals surface area contributed by atoms with E-state index in [0.29, 0.717) is 0 Å². The lowest BCUT2D eigenvalue weighted by molar-refractivity contribution is -0.384. The van der Waals surface area contributed by atoms with Gasteiger partial charge in [0.2, 0.25) is 0 Å². The topological polar surface area (TPSA) is 118 Å². The normalized spacial score (nSPS) is 24.6. The van der Waals surface area contributed by atoms with Gasteiger partial charge in [-0.1, -0.05) is 35.3 Å². The number of nitrogens with zero attached hydrogens (tertiary/aromatic N) is 3. The van der Waals surface area contributed by atoms with Gasteiger partial charge in [0, 0.05) is 22.7 Å². The molecule has 180 valence electrons. The van der Waals surface area contributed by atoms with E-state index in [9.17, 15) is 29.3 Å². The standard InChI is InChI=1S/C24H19Cl2N3O6/c25-15-6-7-17(18(26)10-15)22(31)27(11-19(30)12-2-1-3-16(9-12)29(34)35)28-23(32)20-13-4-5-14(8-13)21(20)24(28)33/h1-3,6-7,9-10,13-14,20-21H,4-5,8,11H2/t13-,14-,20-,21-/m0/s1. The van der Waals surface area contributed by atoms with Gasteiger partial charge >= 0.3 is 0 Å². The molecule has 2 aromatic rings. The molecule has 0 radical (unpaired) electrons. The van der Waals surface area contributed by atoms with Gasteiger partial charge < -0.3 is 0 Å². The smallest absolute Gasteiger partial charge is 0.274 e. The summed E-state index contributed by atoms with van der Waals surface area (Å²) in [4.78, 5) is 64.1. The highest BCUT2D eigenvalue weighted by atomic mass is 35.5. The van der Waals surface area contributed by atoms with Crippen molar-refractivity contribution in [3.8, 4) is 0 Å². The second kappa shape index (κ2) is 8.73. The van der Waals surface area contributed by atoms with Crippen molar-refractivity contribution < 1.29 is 24.1 Å². The van der Waals surface area contributed by atoms with E-state index in [2.05, 4.69) is 0 Å². The van der Waals surface area contributed by atoms with Crippen molar-refractivity contribution in [1.29, 1.82) is 0 Å². The highest BCUT2D eigenvalue weighted by Crippen LogP contribution is 2.56. The Morgan fingerprint density at radius 1 is 1.03 bits per heavy atom. The average molecular weight is 516 g/mol. The molecule has 3 aliphatic rings. The lowest BCUT2D eigenvalue weighted by Gasteiger charge is -2.31. The fourth-order valence-corrected chi connectivity index (χ4v) is 6.18. The molecule has 9 nitrogen and oxygen atoms in total. The SMILES string of the molecule is O=C(CN(C(=O)c1ccc(Cl)cc1Cl)N1C(=O)[C@H]2[C@H]3CC[C@@H](C3)[C@@H]2C1=O)c1cccc([N+](=O)[O-])c1. The van der Waals surface area contributed by atoms with Crippen LogP contribution in [0.5, 0.6) is 0 Å². The van der Waals surface area contributed by atoms with E-state index in [1.165, 1.54) is 36.4 Å². The van der Waals surface area contributed by atoms with Gasteiger partial charge in [-0.3, -0.25) is 29.3 Å². The number of carbonyl (C=O) groups excluding carboxylic acids is 4. The summed E-state index contributed by atoms with van der Waals surface area (Å²) in [6.07, 6.45) is 2.51. The van der Waals surface area contributed by atoms with Crippen LogP contribution < -0.4 is 0 Å². The molecule has 5 rings (SSSR count). The Kier molecular flexibility index (Phi) is 5.85. The number of benzene rings is 2. The number of nitro groups is 1. The van der Waals surface area contributed by atoms with Gasteiger partial charge in [0.05, 0.1) is 27.3 Å². The number of fused-ring (bicyclic) bond motifs is 5. The van der Waals surface area contributed by atoms with E-state index in [1.54, 1.807) is 0 Å². The first-order chi connectivity index (χ1) is 16.7. The number of hydrazine groups is 1. The molecule has 1 saturated heterocycles. The van der Waals surface area contributed by atoms with Crippen LogP contribution in [0.1, 0.15) is 40.0 Å². The number of nitro benzene ring substituents is 1. The van der Waals surface area contributed by atoms with Crippen molar-refractivity contribution in [2.75, 3.05) is 6.54 Å². The lowest BCUT2D eigenvalue weighted by atomic mass is 9.81. The molecule has 2 aliphatic carbocycles. The van der Waals surface area contributed by atoms with E-state index in [1.807, 2.05) is 0 Å². The third-order valence-electron chi connectivity index (χ3n) is 7.21. The predicted octanol–water partition coefficient (Wildman–Crippen LogP) is 4.17. The summed E-state index contributed by atoms with van der Waals surface area (Å²) in [5, 5.41) is 13.0. The predicted molar refractivity (Wildman–Crippen MR) is 125 cm³/mol. The maximum atomic E-state index is 13.6. The number of imide groups is 1. The first-order valence-electron chi connectivity index (χ1n) is 11.1. The summed E-state index contributed by atoms with van der Waals surface area (Å²) < 4.78 is 0. The zero-order valence-corrected chi connectivity index (χ0v) is 19.7. The molecule has 11 heteroatoms. The van der Waals surface area contributed by atoms with E-state index in [0.717, 1.165) is 35.3 Å². The van der Waals surface area contributed by atoms with Crippen molar-refractivity contribution in [3.63, 3.8) is 0 Å². The highest BCUT2D eigenvalue weighted by molar-refractivity contribution is 6.36. The molecule has 3 amide bonds. The average Bonchev–Trinajstić information content (AvgIpc) is 3.51. The van der Waals surface area contributed by atoms with Gasteiger partial charge in [0.25, 0.3) is 23.4 Å². The Morgan fingerprint density at radius 3 is 2.29 bits per heavy atom. The zero-order chi connectivity index (χ0) is 25.0. The zero-order valence-electron chi connectivity index (χ0n) is 18.2. The summed E-state index contributed by atoms with van der Waals surface area (Å²) >= 11 is 12.2. The summed E-state index contributed by atoms with van der Waals surface area (Å²) in [6.45, 7) is -0.675. The minimum absolute atomic E-state index is 0.00495. The lowest BCUT2D eigenvalue weighted by Crippen LogP contribution is -2.52. The van der Waals surface area contributed by atoms with E-state index < -0.39 is 46.8 Å². The van der Waals surface area contributed by atoms with Crippen molar-refractivity contribution >= 4 is 52.4 Å². The fraction of sp³-hybridized carbons (Fsp3) is 0.333. The minimum atomic E-state index is -0.820. The highest BCUT2D eigenvalue weighted by Gasteiger charge is 2.62. The fourth-order valence-electron chi connectivity index (χ4n) is 5.69. The maximum Gasteiger partial charge on any atom is 0.274 e. The second-order valence-corrected chi connectivity index (χ2v) is 9.93. The maximum absolute atomic E-state index is 13.6. The second-order valence-electron chi connectivity index (χ2n) is 9.09. The summed E-state index contributed by atoms with van der Waals surface area (Å²) in [6, 6.07) is 9.18. The number of non-ortho nitro benzene ring substituents is 1. The first kappa shape index (κ1) is 23.4. The van der Waals surface area contributed by atoms with Gasteiger partial charge in [-0.05, 0) is 49.3 Å². The first-order valence-corrected chi connectivity index (χ1v) is 11.8. The number of carbonyl (C=O) groups is 4. The molecule has 1 heterocycles. The Balaban J connectivity index is 1.52. The summed E-state index contributed by atoms with van der Waals surface area (Å²) in [5.41, 5.74) is -0.365. The van der Waals surface area contributed by atoms with Crippen LogP contribution in [0.2, 0.25) is 10.0 Å². The minimum Gasteiger partial charge on any atom is -0.292 e. The molecule has 0 N–H and O–H groups in total. The van der Waals surface area contributed by atoms with Crippen LogP contribution in [0.4, 0.5) is 5.69 Å². The Bertz CT molecular complexity index is 1270. The molecule has 2 saturated carbocycles. The van der Waals surface area contributed by atoms with Crippen molar-refractivity contribution in [2.45, 2.75) is 19.3 Å². The molecule has 1 aliphatic heterocycles. The third-order valence-corrected chi connectivity index (χ3v) is 7.76. The van der Waals surface area contributed by atoms with Crippen LogP contribution in [-0.4, -0.2) is 45.0 Å². The molecule has 2 bridgehead atoms. The number of halogens is 2. The third kappa shape index (κ3) is 3.88. The largest absolute Gasteiger partial charge is 0.292 e. The number of hydrogen-bond acceptors (Lipinski definition) is 6. The number of hydrogen-bond donors (Lipinski definition) is 0. The molecule has 35 heavy (non-hydrogen) atoms. The van der Waals surface area contributed by atoms with E-state index >= 15 is 0 Å². The van der Waals surface area contributed by atoms with Gasteiger partial charge in [-0.2, -0.15) is 5.01 Å². The molecule has 0 spiro atoms. The summed E-state index contributed by atoms with van der Waals surface area (Å²) in [5.74, 6) is -3.36. The van der Waals surface area contributed by atoms with Crippen LogP contribution in [0.3, 0.4) is 0 Å². The van der Waals surface area contributed by atoms with Crippen LogP contribution in [0, 0.1) is 33.8 Å². The number of amides is 3. The van der Waals surface area contributed by atoms with Crippen LogP contribution in [0.15, 0.2) is 42.5 Å². The van der Waals surface area contributed by atoms with E-state index in [4.69, 9.17) is 23.2 Å². The van der Waals surface area contributed by atoms with Crippen molar-refractivity contribution in [1.82, 2.24) is 10.0 Å². The van der Waals surface area contributed by atoms with Crippen LogP contribution in [-0.2, 0) is 9.59 Å². The van der Waals surface area contributed by atoms with Crippen LogP contribution >= 0.6 is 23.2 Å². The van der Waals surface area contributed by atoms with E-state index in [-0.39, 0.29) is 38.7 Å². The van der Waals surface area contributed by atoms with Crippen molar-refractivity contribution in [2.24, 2.45) is 23.7 Å². The summed E-state index contributed by atoms with van der Waals surface area (Å²) in [7, 11) is 0. The Hall–Kier alpha value is -3.30. The number of ketones is 1. The van der Waals surface area contributed by atoms with Crippen LogP contribution in [0.25, 0.3) is 0 Å². The molecule has 0 unspecified atom stereocenters. The molecule has 2 aromatic carbocycles. The quantitative estimate of drug-likeness (QED) is 0.246.